The number of hydrogen-bond acceptors (Lipinski definition) is 4. The summed E-state index contributed by atoms with van der Waals surface area (Å²) in [5, 5.41) is 2.81. The summed E-state index contributed by atoms with van der Waals surface area (Å²) in [5.41, 5.74) is 1.13. The maximum absolute atomic E-state index is 13.0. The third-order valence-corrected chi connectivity index (χ3v) is 6.00. The Hall–Kier alpha value is -3.10. The molecule has 9 heteroatoms. The molecule has 0 spiro atoms. The molecule has 0 bridgehead atoms. The predicted molar refractivity (Wildman–Crippen MR) is 109 cm³/mol. The number of carbonyl (C=O) groups excluding carboxylic acids is 2. The quantitative estimate of drug-likeness (QED) is 0.767. The van der Waals surface area contributed by atoms with E-state index in [-0.39, 0.29) is 31.0 Å². The first-order valence-corrected chi connectivity index (χ1v) is 10.6. The van der Waals surface area contributed by atoms with Crippen LogP contribution in [0.5, 0.6) is 0 Å². The van der Waals surface area contributed by atoms with Crippen LogP contribution in [0.15, 0.2) is 42.6 Å². The van der Waals surface area contributed by atoms with Crippen molar-refractivity contribution in [2.45, 2.75) is 51.1 Å². The summed E-state index contributed by atoms with van der Waals surface area (Å²) in [5.74, 6) is -0.357. The number of rotatable bonds is 4. The minimum atomic E-state index is -4.46. The number of pyridine rings is 1. The molecule has 1 N–H and O–H groups in total. The fraction of sp³-hybridized carbons (Fsp3) is 0.435. The average molecular weight is 447 g/mol. The Morgan fingerprint density at radius 1 is 1.19 bits per heavy atom. The molecule has 2 unspecified atom stereocenters. The van der Waals surface area contributed by atoms with Crippen molar-refractivity contribution in [3.05, 3.63) is 65.0 Å². The molecule has 6 nitrogen and oxygen atoms in total. The molecule has 1 aromatic heterocycles. The maximum atomic E-state index is 13.0. The van der Waals surface area contributed by atoms with E-state index in [1.165, 1.54) is 0 Å². The summed E-state index contributed by atoms with van der Waals surface area (Å²) < 4.78 is 44.2. The molecule has 2 aliphatic rings. The maximum Gasteiger partial charge on any atom is 0.417 e. The highest BCUT2D eigenvalue weighted by atomic mass is 19.4. The third-order valence-electron chi connectivity index (χ3n) is 6.00. The lowest BCUT2D eigenvalue weighted by molar-refractivity contribution is -0.138. The lowest BCUT2D eigenvalue weighted by Gasteiger charge is -2.30. The van der Waals surface area contributed by atoms with Gasteiger partial charge in [0.1, 0.15) is 6.61 Å². The van der Waals surface area contributed by atoms with Crippen LogP contribution < -0.4 is 5.32 Å². The van der Waals surface area contributed by atoms with Crippen molar-refractivity contribution in [1.29, 1.82) is 0 Å². The van der Waals surface area contributed by atoms with E-state index in [4.69, 9.17) is 4.74 Å². The molecular formula is C23H24F3N3O3. The molecule has 2 amide bonds. The molecule has 1 aliphatic heterocycles. The van der Waals surface area contributed by atoms with E-state index in [0.29, 0.717) is 43.5 Å². The second-order valence-corrected chi connectivity index (χ2v) is 8.25. The number of nitrogens with zero attached hydrogens (tertiary/aromatic N) is 2. The highest BCUT2D eigenvalue weighted by molar-refractivity contribution is 5.79. The van der Waals surface area contributed by atoms with Crippen molar-refractivity contribution in [3.8, 4) is 0 Å². The van der Waals surface area contributed by atoms with Crippen molar-refractivity contribution in [2.75, 3.05) is 6.54 Å². The molecule has 4 rings (SSSR count). The normalized spacial score (nSPS) is 20.5. The Morgan fingerprint density at radius 3 is 2.72 bits per heavy atom. The van der Waals surface area contributed by atoms with E-state index in [2.05, 4.69) is 10.3 Å². The fourth-order valence-electron chi connectivity index (χ4n) is 4.30. The summed E-state index contributed by atoms with van der Waals surface area (Å²) in [4.78, 5) is 30.6. The first-order chi connectivity index (χ1) is 15.3. The lowest BCUT2D eigenvalue weighted by atomic mass is 10.00. The number of fused-ring (bicyclic) bond motifs is 1. The van der Waals surface area contributed by atoms with E-state index in [9.17, 15) is 22.8 Å². The topological polar surface area (TPSA) is 71.5 Å². The van der Waals surface area contributed by atoms with Gasteiger partial charge in [0.25, 0.3) is 0 Å². The summed E-state index contributed by atoms with van der Waals surface area (Å²) in [6.07, 6.45) is -1.95. The molecule has 0 saturated heterocycles. The van der Waals surface area contributed by atoms with E-state index < -0.39 is 17.8 Å². The van der Waals surface area contributed by atoms with Crippen LogP contribution in [0.4, 0.5) is 18.0 Å². The average Bonchev–Trinajstić information content (AvgIpc) is 3.25. The number of aromatic nitrogens is 1. The van der Waals surface area contributed by atoms with Crippen LogP contribution in [-0.4, -0.2) is 34.5 Å². The molecule has 2 atom stereocenters. The summed E-state index contributed by atoms with van der Waals surface area (Å²) in [6.45, 7) is 0.722. The number of nitrogens with one attached hydrogen (secondary N) is 1. The fourth-order valence-corrected chi connectivity index (χ4v) is 4.30. The predicted octanol–water partition coefficient (Wildman–Crippen LogP) is 4.08. The molecule has 1 fully saturated rings. The van der Waals surface area contributed by atoms with Crippen molar-refractivity contribution in [2.24, 2.45) is 5.92 Å². The number of carbonyl (C=O) groups is 2. The van der Waals surface area contributed by atoms with Crippen LogP contribution >= 0.6 is 0 Å². The van der Waals surface area contributed by atoms with Crippen LogP contribution in [0.1, 0.15) is 41.6 Å². The summed E-state index contributed by atoms with van der Waals surface area (Å²) in [7, 11) is 0. The third kappa shape index (κ3) is 5.20. The van der Waals surface area contributed by atoms with Gasteiger partial charge in [-0.1, -0.05) is 30.3 Å². The molecule has 1 aromatic carbocycles. The van der Waals surface area contributed by atoms with E-state index >= 15 is 0 Å². The second kappa shape index (κ2) is 9.18. The Kier molecular flexibility index (Phi) is 6.34. The molecule has 0 radical (unpaired) electrons. The van der Waals surface area contributed by atoms with Gasteiger partial charge in [0, 0.05) is 43.4 Å². The van der Waals surface area contributed by atoms with Gasteiger partial charge in [0.15, 0.2) is 0 Å². The SMILES string of the molecule is O=C(NC1CCC(C(=O)N2CCc3ncc(C(F)(F)F)cc3C2)C1)OCc1ccccc1. The van der Waals surface area contributed by atoms with Gasteiger partial charge in [-0.25, -0.2) is 4.79 Å². The van der Waals surface area contributed by atoms with Gasteiger partial charge < -0.3 is 15.0 Å². The zero-order valence-electron chi connectivity index (χ0n) is 17.4. The van der Waals surface area contributed by atoms with Crippen LogP contribution in [0.3, 0.4) is 0 Å². The van der Waals surface area contributed by atoms with Crippen LogP contribution in [0, 0.1) is 5.92 Å². The van der Waals surface area contributed by atoms with Gasteiger partial charge in [0.2, 0.25) is 5.91 Å². The molecule has 2 aromatic rings. The smallest absolute Gasteiger partial charge is 0.417 e. The molecular weight excluding hydrogens is 423 g/mol. The Morgan fingerprint density at radius 2 is 1.97 bits per heavy atom. The van der Waals surface area contributed by atoms with Crippen molar-refractivity contribution < 1.29 is 27.5 Å². The van der Waals surface area contributed by atoms with E-state index in [0.717, 1.165) is 17.8 Å². The molecule has 2 heterocycles. The van der Waals surface area contributed by atoms with Gasteiger partial charge in [-0.3, -0.25) is 9.78 Å². The van der Waals surface area contributed by atoms with Gasteiger partial charge in [0.05, 0.1) is 5.56 Å². The van der Waals surface area contributed by atoms with E-state index in [1.807, 2.05) is 30.3 Å². The second-order valence-electron chi connectivity index (χ2n) is 8.25. The van der Waals surface area contributed by atoms with Gasteiger partial charge in [-0.2, -0.15) is 13.2 Å². The lowest BCUT2D eigenvalue weighted by Crippen LogP contribution is -2.40. The molecule has 32 heavy (non-hydrogen) atoms. The van der Waals surface area contributed by atoms with Gasteiger partial charge >= 0.3 is 12.3 Å². The van der Waals surface area contributed by atoms with Crippen LogP contribution in [0.2, 0.25) is 0 Å². The zero-order chi connectivity index (χ0) is 22.7. The standard InChI is InChI=1S/C23H24F3N3O3/c24-23(25,26)18-10-17-13-29(9-8-20(17)27-12-18)21(30)16-6-7-19(11-16)28-22(31)32-14-15-4-2-1-3-5-15/h1-5,10,12,16,19H,6-9,11,13-14H2,(H,28,31). The van der Waals surface area contributed by atoms with Crippen molar-refractivity contribution in [3.63, 3.8) is 0 Å². The van der Waals surface area contributed by atoms with Gasteiger partial charge in [-0.15, -0.1) is 0 Å². The molecule has 1 saturated carbocycles. The van der Waals surface area contributed by atoms with Crippen molar-refractivity contribution >= 4 is 12.0 Å². The Balaban J connectivity index is 1.29. The summed E-state index contributed by atoms with van der Waals surface area (Å²) in [6, 6.07) is 10.3. The number of alkyl halides is 3. The van der Waals surface area contributed by atoms with Gasteiger partial charge in [-0.05, 0) is 36.5 Å². The monoisotopic (exact) mass is 447 g/mol. The highest BCUT2D eigenvalue weighted by Gasteiger charge is 2.36. The number of amides is 2. The number of halogens is 3. The van der Waals surface area contributed by atoms with Crippen molar-refractivity contribution in [1.82, 2.24) is 15.2 Å². The van der Waals surface area contributed by atoms with Crippen LogP contribution in [-0.2, 0) is 35.3 Å². The Labute approximate surface area is 183 Å². The zero-order valence-corrected chi connectivity index (χ0v) is 17.4. The van der Waals surface area contributed by atoms with E-state index in [1.54, 1.807) is 4.90 Å². The Bertz CT molecular complexity index is 981. The first-order valence-electron chi connectivity index (χ1n) is 10.6. The number of ether oxygens (including phenoxy) is 1. The number of alkyl carbamates (subject to hydrolysis) is 1. The summed E-state index contributed by atoms with van der Waals surface area (Å²) >= 11 is 0. The first kappa shape index (κ1) is 22.1. The largest absolute Gasteiger partial charge is 0.445 e. The molecule has 170 valence electrons. The highest BCUT2D eigenvalue weighted by Crippen LogP contribution is 2.32. The molecule has 1 aliphatic carbocycles. The number of benzene rings is 1. The number of hydrogen-bond donors (Lipinski definition) is 1. The minimum Gasteiger partial charge on any atom is -0.445 e. The van der Waals surface area contributed by atoms with Crippen LogP contribution in [0.25, 0.3) is 0 Å². The minimum absolute atomic E-state index is 0.0879.